The zero-order chi connectivity index (χ0) is 14.5. The van der Waals surface area contributed by atoms with Crippen molar-refractivity contribution in [3.63, 3.8) is 0 Å². The quantitative estimate of drug-likeness (QED) is 0.859. The molecule has 2 N–H and O–H groups in total. The van der Waals surface area contributed by atoms with Crippen LogP contribution >= 0.6 is 0 Å². The van der Waals surface area contributed by atoms with Gasteiger partial charge in [-0.2, -0.15) is 0 Å². The average Bonchev–Trinajstić information content (AvgIpc) is 2.88. The van der Waals surface area contributed by atoms with Gasteiger partial charge in [0.2, 0.25) is 0 Å². The number of nitrogens with zero attached hydrogens (tertiary/aromatic N) is 2. The second-order valence-corrected chi connectivity index (χ2v) is 5.32. The van der Waals surface area contributed by atoms with Gasteiger partial charge in [-0.1, -0.05) is 0 Å². The van der Waals surface area contributed by atoms with E-state index in [2.05, 4.69) is 10.3 Å². The first-order valence-corrected chi connectivity index (χ1v) is 7.26. The lowest BCUT2D eigenvalue weighted by Gasteiger charge is -2.19. The molecule has 0 saturated carbocycles. The topological polar surface area (TPSA) is 65.5 Å². The Labute approximate surface area is 120 Å². The molecule has 1 unspecified atom stereocenters. The molecule has 1 atom stereocenters. The molecule has 1 aromatic rings. The molecule has 0 aliphatic carbocycles. The van der Waals surface area contributed by atoms with Crippen molar-refractivity contribution in [2.75, 3.05) is 31.6 Å². The lowest BCUT2D eigenvalue weighted by molar-refractivity contribution is 0.0785. The molecule has 0 radical (unpaired) electrons. The van der Waals surface area contributed by atoms with Crippen molar-refractivity contribution < 1.29 is 9.90 Å². The van der Waals surface area contributed by atoms with Gasteiger partial charge in [0.25, 0.3) is 5.91 Å². The molecule has 0 spiro atoms. The van der Waals surface area contributed by atoms with Gasteiger partial charge in [-0.25, -0.2) is 0 Å². The Balaban J connectivity index is 2.13. The Hall–Kier alpha value is -1.62. The maximum Gasteiger partial charge on any atom is 0.257 e. The number of hydrogen-bond acceptors (Lipinski definition) is 4. The number of amides is 1. The van der Waals surface area contributed by atoms with Crippen LogP contribution in [0, 0.1) is 12.8 Å². The summed E-state index contributed by atoms with van der Waals surface area (Å²) >= 11 is 0. The van der Waals surface area contributed by atoms with E-state index in [0.717, 1.165) is 43.9 Å². The van der Waals surface area contributed by atoms with Crippen molar-refractivity contribution in [2.45, 2.75) is 26.7 Å². The van der Waals surface area contributed by atoms with Gasteiger partial charge in [0.05, 0.1) is 11.3 Å². The number of likely N-dealkylation sites (tertiary alicyclic amines) is 1. The van der Waals surface area contributed by atoms with Crippen LogP contribution in [0.1, 0.15) is 35.8 Å². The lowest BCUT2D eigenvalue weighted by Crippen LogP contribution is -2.29. The van der Waals surface area contributed by atoms with Crippen molar-refractivity contribution >= 4 is 11.6 Å². The Morgan fingerprint density at radius 3 is 3.10 bits per heavy atom. The van der Waals surface area contributed by atoms with Crippen molar-refractivity contribution in [3.8, 4) is 0 Å². The van der Waals surface area contributed by atoms with E-state index in [0.29, 0.717) is 11.5 Å². The summed E-state index contributed by atoms with van der Waals surface area (Å²) in [6.07, 6.45) is 3.41. The van der Waals surface area contributed by atoms with E-state index in [1.54, 1.807) is 6.20 Å². The number of aromatic nitrogens is 1. The van der Waals surface area contributed by atoms with Gasteiger partial charge in [-0.15, -0.1) is 0 Å². The van der Waals surface area contributed by atoms with Gasteiger partial charge >= 0.3 is 0 Å². The summed E-state index contributed by atoms with van der Waals surface area (Å²) in [5.74, 6) is 0.457. The van der Waals surface area contributed by atoms with E-state index >= 15 is 0 Å². The van der Waals surface area contributed by atoms with E-state index in [1.807, 2.05) is 24.8 Å². The summed E-state index contributed by atoms with van der Waals surface area (Å²) in [7, 11) is 0. The van der Waals surface area contributed by atoms with Crippen LogP contribution in [0.3, 0.4) is 0 Å². The van der Waals surface area contributed by atoms with Gasteiger partial charge in [-0.3, -0.25) is 9.78 Å². The smallest absolute Gasteiger partial charge is 0.257 e. The summed E-state index contributed by atoms with van der Waals surface area (Å²) in [4.78, 5) is 18.7. The number of rotatable bonds is 5. The number of hydrogen-bond donors (Lipinski definition) is 2. The van der Waals surface area contributed by atoms with Crippen molar-refractivity contribution in [2.24, 2.45) is 5.92 Å². The molecule has 1 aromatic heterocycles. The molecule has 1 saturated heterocycles. The molecular formula is C15H23N3O2. The number of nitrogens with one attached hydrogen (secondary N) is 1. The van der Waals surface area contributed by atoms with E-state index in [1.165, 1.54) is 0 Å². The molecule has 1 amide bonds. The molecule has 0 bridgehead atoms. The Kier molecular flexibility index (Phi) is 4.95. The van der Waals surface area contributed by atoms with Crippen LogP contribution in [0.5, 0.6) is 0 Å². The van der Waals surface area contributed by atoms with Crippen LogP contribution in [0.15, 0.2) is 12.3 Å². The highest BCUT2D eigenvalue weighted by molar-refractivity contribution is 5.99. The number of aliphatic hydroxyl groups is 1. The molecule has 1 aliphatic rings. The molecule has 0 aromatic carbocycles. The summed E-state index contributed by atoms with van der Waals surface area (Å²) in [5.41, 5.74) is 2.40. The first kappa shape index (κ1) is 14.8. The summed E-state index contributed by atoms with van der Waals surface area (Å²) in [6.45, 7) is 6.40. The fourth-order valence-electron chi connectivity index (χ4n) is 2.67. The van der Waals surface area contributed by atoms with Crippen molar-refractivity contribution in [1.29, 1.82) is 0 Å². The predicted molar refractivity (Wildman–Crippen MR) is 78.9 cm³/mol. The fraction of sp³-hybridized carbons (Fsp3) is 0.600. The molecule has 2 heterocycles. The zero-order valence-electron chi connectivity index (χ0n) is 12.2. The van der Waals surface area contributed by atoms with E-state index in [4.69, 9.17) is 5.11 Å². The largest absolute Gasteiger partial charge is 0.396 e. The predicted octanol–water partition coefficient (Wildman–Crippen LogP) is 1.67. The second kappa shape index (κ2) is 6.70. The van der Waals surface area contributed by atoms with Crippen LogP contribution in [0.25, 0.3) is 0 Å². The Morgan fingerprint density at radius 1 is 1.60 bits per heavy atom. The molecule has 110 valence electrons. The third-order valence-corrected chi connectivity index (χ3v) is 3.75. The van der Waals surface area contributed by atoms with Gasteiger partial charge < -0.3 is 15.3 Å². The first-order valence-electron chi connectivity index (χ1n) is 7.26. The molecule has 2 rings (SSSR count). The highest BCUT2D eigenvalue weighted by Gasteiger charge is 2.27. The maximum atomic E-state index is 12.6. The number of pyridine rings is 1. The SMILES string of the molecule is CCNc1cc(C)ncc1C(=O)N1CCC(CCO)C1. The van der Waals surface area contributed by atoms with E-state index in [-0.39, 0.29) is 12.5 Å². The van der Waals surface area contributed by atoms with Crippen molar-refractivity contribution in [3.05, 3.63) is 23.5 Å². The highest BCUT2D eigenvalue weighted by atomic mass is 16.3. The van der Waals surface area contributed by atoms with E-state index < -0.39 is 0 Å². The number of aliphatic hydroxyl groups excluding tert-OH is 1. The molecule has 5 heteroatoms. The van der Waals surface area contributed by atoms with Crippen LogP contribution in [-0.2, 0) is 0 Å². The zero-order valence-corrected chi connectivity index (χ0v) is 12.2. The minimum atomic E-state index is 0.0360. The van der Waals surface area contributed by atoms with Gasteiger partial charge in [0.15, 0.2) is 0 Å². The van der Waals surface area contributed by atoms with Crippen LogP contribution in [0.2, 0.25) is 0 Å². The fourth-order valence-corrected chi connectivity index (χ4v) is 2.67. The van der Waals surface area contributed by atoms with Gasteiger partial charge in [0, 0.05) is 38.1 Å². The van der Waals surface area contributed by atoms with Crippen molar-refractivity contribution in [1.82, 2.24) is 9.88 Å². The third kappa shape index (κ3) is 3.28. The number of anilines is 1. The van der Waals surface area contributed by atoms with Gasteiger partial charge in [0.1, 0.15) is 0 Å². The minimum absolute atomic E-state index is 0.0360. The first-order chi connectivity index (χ1) is 9.65. The van der Waals surface area contributed by atoms with E-state index in [9.17, 15) is 4.79 Å². The lowest BCUT2D eigenvalue weighted by atomic mass is 10.1. The molecule has 1 fully saturated rings. The molecule has 20 heavy (non-hydrogen) atoms. The number of aryl methyl sites for hydroxylation is 1. The number of carbonyl (C=O) groups excluding carboxylic acids is 1. The molecule has 5 nitrogen and oxygen atoms in total. The minimum Gasteiger partial charge on any atom is -0.396 e. The maximum absolute atomic E-state index is 12.6. The number of carbonyl (C=O) groups is 1. The van der Waals surface area contributed by atoms with Crippen LogP contribution in [0.4, 0.5) is 5.69 Å². The van der Waals surface area contributed by atoms with Gasteiger partial charge in [-0.05, 0) is 38.7 Å². The third-order valence-electron chi connectivity index (χ3n) is 3.75. The summed E-state index contributed by atoms with van der Waals surface area (Å²) < 4.78 is 0. The highest BCUT2D eigenvalue weighted by Crippen LogP contribution is 2.24. The second-order valence-electron chi connectivity index (χ2n) is 5.32. The normalized spacial score (nSPS) is 18.4. The Bertz CT molecular complexity index is 476. The molecular weight excluding hydrogens is 254 g/mol. The summed E-state index contributed by atoms with van der Waals surface area (Å²) in [6, 6.07) is 1.91. The molecule has 1 aliphatic heterocycles. The monoisotopic (exact) mass is 277 g/mol. The van der Waals surface area contributed by atoms with Crippen LogP contribution in [-0.4, -0.2) is 47.1 Å². The van der Waals surface area contributed by atoms with Crippen LogP contribution < -0.4 is 5.32 Å². The standard InChI is InChI=1S/C15H23N3O2/c1-3-16-14-8-11(2)17-9-13(14)15(20)18-6-4-12(10-18)5-7-19/h8-9,12,19H,3-7,10H2,1-2H3,(H,16,17). The average molecular weight is 277 g/mol. The summed E-state index contributed by atoms with van der Waals surface area (Å²) in [5, 5.41) is 12.2. The Morgan fingerprint density at radius 2 is 2.40 bits per heavy atom.